The number of amides is 1. The standard InChI is InChI=1S/C28H34FN5O2/c1-31-27(25-5-3-4-6-26(25)30-31)34(28(35)21-7-13-24(36-2)14-8-21)20-17-32-15-18-33(19-16-32)23-11-9-22(29)10-12-23/h7-14H,3-6,15-20H2,1-2H3. The van der Waals surface area contributed by atoms with E-state index in [9.17, 15) is 9.18 Å². The van der Waals surface area contributed by atoms with Crippen LogP contribution in [0.2, 0.25) is 0 Å². The Kier molecular flexibility index (Phi) is 7.23. The maximum absolute atomic E-state index is 13.8. The second kappa shape index (κ2) is 10.7. The van der Waals surface area contributed by atoms with Crippen LogP contribution in [0, 0.1) is 5.82 Å². The number of benzene rings is 2. The number of aryl methyl sites for hydroxylation is 2. The number of methoxy groups -OCH3 is 1. The van der Waals surface area contributed by atoms with Crippen molar-refractivity contribution in [1.82, 2.24) is 14.7 Å². The molecular weight excluding hydrogens is 457 g/mol. The lowest BCUT2D eigenvalue weighted by atomic mass is 9.97. The van der Waals surface area contributed by atoms with Crippen LogP contribution in [0.5, 0.6) is 5.75 Å². The lowest BCUT2D eigenvalue weighted by Gasteiger charge is -2.37. The van der Waals surface area contributed by atoms with Gasteiger partial charge in [-0.25, -0.2) is 4.39 Å². The molecule has 2 aromatic carbocycles. The maximum Gasteiger partial charge on any atom is 0.259 e. The van der Waals surface area contributed by atoms with Crippen molar-refractivity contribution in [1.29, 1.82) is 0 Å². The number of rotatable bonds is 7. The molecule has 1 saturated heterocycles. The largest absolute Gasteiger partial charge is 0.497 e. The minimum atomic E-state index is -0.212. The molecule has 0 radical (unpaired) electrons. The first-order chi connectivity index (χ1) is 17.5. The molecule has 0 atom stereocenters. The van der Waals surface area contributed by atoms with Crippen molar-refractivity contribution in [2.75, 3.05) is 56.2 Å². The number of aromatic nitrogens is 2. The number of carbonyl (C=O) groups is 1. The topological polar surface area (TPSA) is 53.8 Å². The Morgan fingerprint density at radius 2 is 1.69 bits per heavy atom. The highest BCUT2D eigenvalue weighted by atomic mass is 19.1. The van der Waals surface area contributed by atoms with Crippen molar-refractivity contribution in [3.8, 4) is 5.75 Å². The molecule has 36 heavy (non-hydrogen) atoms. The van der Waals surface area contributed by atoms with Gasteiger partial charge < -0.3 is 9.64 Å². The Balaban J connectivity index is 1.32. The lowest BCUT2D eigenvalue weighted by Crippen LogP contribution is -2.49. The molecule has 1 amide bonds. The van der Waals surface area contributed by atoms with Crippen LogP contribution in [0.1, 0.15) is 34.5 Å². The summed E-state index contributed by atoms with van der Waals surface area (Å²) in [4.78, 5) is 20.4. The van der Waals surface area contributed by atoms with E-state index in [0.717, 1.165) is 81.4 Å². The summed E-state index contributed by atoms with van der Waals surface area (Å²) in [6.45, 7) is 4.90. The van der Waals surface area contributed by atoms with E-state index in [4.69, 9.17) is 9.84 Å². The molecule has 5 rings (SSSR count). The molecule has 0 spiro atoms. The number of hydrogen-bond acceptors (Lipinski definition) is 5. The van der Waals surface area contributed by atoms with Gasteiger partial charge >= 0.3 is 0 Å². The van der Waals surface area contributed by atoms with Gasteiger partial charge in [0.2, 0.25) is 0 Å². The first kappa shape index (κ1) is 24.3. The van der Waals surface area contributed by atoms with E-state index in [-0.39, 0.29) is 11.7 Å². The van der Waals surface area contributed by atoms with E-state index in [1.807, 2.05) is 53.0 Å². The van der Waals surface area contributed by atoms with Crippen molar-refractivity contribution >= 4 is 17.4 Å². The van der Waals surface area contributed by atoms with Crippen LogP contribution in [0.3, 0.4) is 0 Å². The maximum atomic E-state index is 13.8. The zero-order valence-electron chi connectivity index (χ0n) is 21.1. The molecule has 1 aliphatic heterocycles. The van der Waals surface area contributed by atoms with Crippen LogP contribution in [0.25, 0.3) is 0 Å². The molecule has 0 N–H and O–H groups in total. The number of nitrogens with zero attached hydrogens (tertiary/aromatic N) is 5. The van der Waals surface area contributed by atoms with Crippen LogP contribution in [-0.4, -0.2) is 67.0 Å². The number of carbonyl (C=O) groups excluding carboxylic acids is 1. The molecule has 0 bridgehead atoms. The summed E-state index contributed by atoms with van der Waals surface area (Å²) in [6.07, 6.45) is 4.20. The summed E-state index contributed by atoms with van der Waals surface area (Å²) in [5, 5.41) is 4.78. The van der Waals surface area contributed by atoms with E-state index in [0.29, 0.717) is 12.1 Å². The molecular formula is C28H34FN5O2. The molecule has 0 saturated carbocycles. The molecule has 3 aromatic rings. The van der Waals surface area contributed by atoms with Crippen molar-refractivity contribution in [2.45, 2.75) is 25.7 Å². The molecule has 7 nitrogen and oxygen atoms in total. The van der Waals surface area contributed by atoms with Crippen LogP contribution in [0.4, 0.5) is 15.9 Å². The van der Waals surface area contributed by atoms with Gasteiger partial charge in [0.25, 0.3) is 5.91 Å². The minimum absolute atomic E-state index is 0.0148. The van der Waals surface area contributed by atoms with Gasteiger partial charge in [-0.05, 0) is 74.2 Å². The number of hydrogen-bond donors (Lipinski definition) is 0. The Morgan fingerprint density at radius 3 is 2.39 bits per heavy atom. The highest BCUT2D eigenvalue weighted by molar-refractivity contribution is 6.06. The number of piperazine rings is 1. The van der Waals surface area contributed by atoms with Gasteiger partial charge in [-0.1, -0.05) is 0 Å². The van der Waals surface area contributed by atoms with Crippen molar-refractivity contribution in [3.63, 3.8) is 0 Å². The molecule has 0 unspecified atom stereocenters. The molecule has 190 valence electrons. The summed E-state index contributed by atoms with van der Waals surface area (Å²) >= 11 is 0. The highest BCUT2D eigenvalue weighted by Gasteiger charge is 2.29. The zero-order valence-corrected chi connectivity index (χ0v) is 21.1. The second-order valence-corrected chi connectivity index (χ2v) is 9.57. The normalized spacial score (nSPS) is 16.0. The monoisotopic (exact) mass is 491 g/mol. The van der Waals surface area contributed by atoms with E-state index < -0.39 is 0 Å². The minimum Gasteiger partial charge on any atom is -0.497 e. The van der Waals surface area contributed by atoms with Gasteiger partial charge in [0.15, 0.2) is 0 Å². The van der Waals surface area contributed by atoms with E-state index in [1.54, 1.807) is 7.11 Å². The number of anilines is 2. The average Bonchev–Trinajstić information content (AvgIpc) is 3.25. The fourth-order valence-electron chi connectivity index (χ4n) is 5.32. The van der Waals surface area contributed by atoms with Crippen LogP contribution < -0.4 is 14.5 Å². The molecule has 1 fully saturated rings. The lowest BCUT2D eigenvalue weighted by molar-refractivity contribution is 0.0981. The molecule has 1 aromatic heterocycles. The van der Waals surface area contributed by atoms with E-state index in [1.165, 1.54) is 17.7 Å². The van der Waals surface area contributed by atoms with E-state index in [2.05, 4.69) is 9.80 Å². The predicted molar refractivity (Wildman–Crippen MR) is 140 cm³/mol. The quantitative estimate of drug-likeness (QED) is 0.502. The SMILES string of the molecule is COc1ccc(C(=O)N(CCN2CCN(c3ccc(F)cc3)CC2)c2c3c(nn2C)CCCC3)cc1. The molecule has 2 heterocycles. The number of fused-ring (bicyclic) bond motifs is 1. The van der Waals surface area contributed by atoms with Gasteiger partial charge in [0, 0.05) is 63.1 Å². The Bertz CT molecular complexity index is 1180. The number of ether oxygens (including phenoxy) is 1. The zero-order chi connectivity index (χ0) is 25.1. The number of halogens is 1. The fraction of sp³-hybridized carbons (Fsp3) is 0.429. The van der Waals surface area contributed by atoms with Crippen LogP contribution >= 0.6 is 0 Å². The first-order valence-electron chi connectivity index (χ1n) is 12.8. The van der Waals surface area contributed by atoms with Crippen molar-refractivity contribution in [3.05, 3.63) is 71.2 Å². The predicted octanol–water partition coefficient (Wildman–Crippen LogP) is 3.92. The summed E-state index contributed by atoms with van der Waals surface area (Å²) in [7, 11) is 3.57. The van der Waals surface area contributed by atoms with Gasteiger partial charge in [-0.3, -0.25) is 19.3 Å². The molecule has 2 aliphatic rings. The highest BCUT2D eigenvalue weighted by Crippen LogP contribution is 2.31. The summed E-state index contributed by atoms with van der Waals surface area (Å²) in [5.74, 6) is 1.43. The Hall–Kier alpha value is -3.39. The fourth-order valence-corrected chi connectivity index (χ4v) is 5.32. The third-order valence-electron chi connectivity index (χ3n) is 7.33. The smallest absolute Gasteiger partial charge is 0.259 e. The Labute approximate surface area is 212 Å². The molecule has 8 heteroatoms. The van der Waals surface area contributed by atoms with Crippen molar-refractivity contribution < 1.29 is 13.9 Å². The third kappa shape index (κ3) is 5.09. The summed E-state index contributed by atoms with van der Waals surface area (Å²) in [6, 6.07) is 14.0. The Morgan fingerprint density at radius 1 is 1.00 bits per heavy atom. The third-order valence-corrected chi connectivity index (χ3v) is 7.33. The molecule has 1 aliphatic carbocycles. The average molecular weight is 492 g/mol. The van der Waals surface area contributed by atoms with E-state index >= 15 is 0 Å². The van der Waals surface area contributed by atoms with Gasteiger partial charge in [-0.2, -0.15) is 5.10 Å². The van der Waals surface area contributed by atoms with Crippen LogP contribution in [0.15, 0.2) is 48.5 Å². The summed E-state index contributed by atoms with van der Waals surface area (Å²) < 4.78 is 20.5. The van der Waals surface area contributed by atoms with Gasteiger partial charge in [0.05, 0.1) is 12.8 Å². The van der Waals surface area contributed by atoms with Gasteiger partial charge in [0.1, 0.15) is 17.4 Å². The van der Waals surface area contributed by atoms with Crippen molar-refractivity contribution in [2.24, 2.45) is 7.05 Å². The summed E-state index contributed by atoms with van der Waals surface area (Å²) in [5.41, 5.74) is 4.03. The van der Waals surface area contributed by atoms with Gasteiger partial charge in [-0.15, -0.1) is 0 Å². The van der Waals surface area contributed by atoms with Crippen LogP contribution in [-0.2, 0) is 19.9 Å². The first-order valence-corrected chi connectivity index (χ1v) is 12.8. The second-order valence-electron chi connectivity index (χ2n) is 9.57.